The van der Waals surface area contributed by atoms with Crippen molar-refractivity contribution in [3.63, 3.8) is 0 Å². The Balaban J connectivity index is 0.000000148. The summed E-state index contributed by atoms with van der Waals surface area (Å²) in [5.74, 6) is 0. The first kappa shape index (κ1) is 32.7. The van der Waals surface area contributed by atoms with Crippen molar-refractivity contribution in [2.75, 3.05) is 0 Å². The van der Waals surface area contributed by atoms with Crippen molar-refractivity contribution in [2.24, 2.45) is 0 Å². The predicted octanol–water partition coefficient (Wildman–Crippen LogP) is 19.8. The molecule has 0 bridgehead atoms. The van der Waals surface area contributed by atoms with Crippen LogP contribution in [0.1, 0.15) is 33.0 Å². The van der Waals surface area contributed by atoms with Crippen LogP contribution in [0.3, 0.4) is 0 Å². The number of hydrogen-bond acceptors (Lipinski definition) is 4. The van der Waals surface area contributed by atoms with Gasteiger partial charge in [-0.2, -0.15) is 0 Å². The predicted molar refractivity (Wildman–Crippen MR) is 346 cm³/mol. The molecule has 0 fully saturated rings. The first-order chi connectivity index (χ1) is 48.7. The Bertz CT molecular complexity index is 6060. The molecule has 0 aliphatic carbocycles. The highest BCUT2D eigenvalue weighted by Gasteiger charge is 2.21. The van der Waals surface area contributed by atoms with E-state index in [1.807, 2.05) is 127 Å². The molecule has 0 atom stereocenters. The van der Waals surface area contributed by atoms with Gasteiger partial charge in [0, 0.05) is 21.5 Å². The molecule has 14 aromatic carbocycles. The fraction of sp³-hybridized carbons (Fsp3) is 0.0130. The molecule has 2 N–H and O–H groups in total. The van der Waals surface area contributed by atoms with Crippen LogP contribution in [0.5, 0.6) is 0 Å². The van der Waals surface area contributed by atoms with Crippen molar-refractivity contribution < 1.29 is 46.3 Å². The van der Waals surface area contributed by atoms with Crippen LogP contribution in [-0.2, 0) is 0 Å². The summed E-state index contributed by atoms with van der Waals surface area (Å²) in [7, 11) is -2.07. The first-order valence-electron chi connectivity index (χ1n) is 36.1. The van der Waals surface area contributed by atoms with Crippen LogP contribution in [0.15, 0.2) is 300 Å². The fourth-order valence-corrected chi connectivity index (χ4v) is 11.3. The molecule has 4 nitrogen and oxygen atoms in total. The largest absolute Gasteiger partial charge is 0.488 e. The lowest BCUT2D eigenvalue weighted by molar-refractivity contribution is 0.426. The Kier molecular flexibility index (Phi) is 8.53. The molecule has 16 rings (SSSR count). The van der Waals surface area contributed by atoms with Crippen molar-refractivity contribution in [1.82, 2.24) is 0 Å². The molecule has 388 valence electrons. The van der Waals surface area contributed by atoms with Gasteiger partial charge in [0.15, 0.2) is 0 Å². The smallest absolute Gasteiger partial charge is 0.456 e. The zero-order valence-corrected chi connectivity index (χ0v) is 43.5. The third-order valence-electron chi connectivity index (χ3n) is 14.7. The van der Waals surface area contributed by atoms with Gasteiger partial charge in [-0.15, -0.1) is 0 Å². The summed E-state index contributed by atoms with van der Waals surface area (Å²) in [4.78, 5) is 0. The summed E-state index contributed by atoms with van der Waals surface area (Å²) in [5.41, 5.74) is 9.16. The summed E-state index contributed by atoms with van der Waals surface area (Å²) >= 11 is 0. The van der Waals surface area contributed by atoms with Crippen LogP contribution in [-0.4, -0.2) is 17.2 Å². The Labute approximate surface area is 503 Å². The van der Waals surface area contributed by atoms with Crippen LogP contribution in [0.2, 0.25) is 0 Å². The second kappa shape index (κ2) is 21.4. The van der Waals surface area contributed by atoms with E-state index in [9.17, 15) is 0 Å². The molecular formula is C77H53BO4. The Hall–Kier alpha value is -10.3. The topological polar surface area (TPSA) is 66.7 Å². The van der Waals surface area contributed by atoms with Gasteiger partial charge in [-0.05, 0) is 153 Å². The first-order valence-corrected chi connectivity index (χ1v) is 26.1. The van der Waals surface area contributed by atoms with E-state index in [2.05, 4.69) is 31.2 Å². The highest BCUT2D eigenvalue weighted by molar-refractivity contribution is 6.58. The Morgan fingerprint density at radius 3 is 1.05 bits per heavy atom. The lowest BCUT2D eigenvalue weighted by atomic mass is 9.81. The van der Waals surface area contributed by atoms with Gasteiger partial charge < -0.3 is 18.9 Å². The van der Waals surface area contributed by atoms with Crippen molar-refractivity contribution in [3.8, 4) is 55.6 Å². The van der Waals surface area contributed by atoms with Crippen molar-refractivity contribution >= 4 is 99.5 Å². The molecule has 0 aliphatic rings. The summed E-state index contributed by atoms with van der Waals surface area (Å²) in [6, 6.07) is 46.4. The Morgan fingerprint density at radius 2 is 0.646 bits per heavy atom. The summed E-state index contributed by atoms with van der Waals surface area (Å²) in [6.45, 7) is 2.09. The quantitative estimate of drug-likeness (QED) is 0.129. The fourth-order valence-electron chi connectivity index (χ4n) is 11.3. The van der Waals surface area contributed by atoms with E-state index >= 15 is 0 Å². The number of aryl methyl sites for hydroxylation is 1. The zero-order valence-electron chi connectivity index (χ0n) is 63.5. The van der Waals surface area contributed by atoms with E-state index < -0.39 is 85.1 Å². The van der Waals surface area contributed by atoms with Crippen molar-refractivity contribution in [2.45, 2.75) is 6.92 Å². The molecule has 0 unspecified atom stereocenters. The minimum absolute atomic E-state index is 0.101. The van der Waals surface area contributed by atoms with Gasteiger partial charge in [-0.1, -0.05) is 254 Å². The van der Waals surface area contributed by atoms with Gasteiger partial charge in [-0.3, -0.25) is 0 Å². The van der Waals surface area contributed by atoms with Gasteiger partial charge >= 0.3 is 7.12 Å². The van der Waals surface area contributed by atoms with Crippen LogP contribution < -0.4 is 5.46 Å². The monoisotopic (exact) mass is 1070 g/mol. The van der Waals surface area contributed by atoms with E-state index in [1.165, 1.54) is 0 Å². The minimum Gasteiger partial charge on any atom is -0.456 e. The number of furan rings is 2. The molecule has 2 heterocycles. The molecule has 5 heteroatoms. The molecule has 0 saturated carbocycles. The summed E-state index contributed by atoms with van der Waals surface area (Å²) in [6.07, 6.45) is 0. The lowest BCUT2D eigenvalue weighted by Crippen LogP contribution is -2.29. The molecule has 0 saturated heterocycles. The number of fused-ring (bicyclic) bond motifs is 10. The van der Waals surface area contributed by atoms with E-state index in [4.69, 9.17) is 46.3 Å². The number of hydrogen-bond donors (Lipinski definition) is 2. The van der Waals surface area contributed by atoms with Crippen LogP contribution in [0, 0.1) is 6.92 Å². The van der Waals surface area contributed by atoms with E-state index in [0.717, 1.165) is 92.8 Å². The molecular weight excluding hydrogens is 1000 g/mol. The van der Waals surface area contributed by atoms with Gasteiger partial charge in [0.25, 0.3) is 0 Å². The molecule has 0 amide bonds. The second-order valence-corrected chi connectivity index (χ2v) is 19.3. The third kappa shape index (κ3) is 8.95. The maximum atomic E-state index is 8.81. The average molecular weight is 1070 g/mol. The van der Waals surface area contributed by atoms with Crippen molar-refractivity contribution in [3.05, 3.63) is 296 Å². The van der Waals surface area contributed by atoms with Gasteiger partial charge in [0.05, 0.1) is 27.4 Å². The maximum Gasteiger partial charge on any atom is 0.488 e. The molecule has 16 aromatic rings. The van der Waals surface area contributed by atoms with E-state index in [0.29, 0.717) is 38.6 Å². The SMILES string of the molecule is [2H]c1c([2H])c([2H])c(-c2c3ccccc3c(-c3ccc4c(c3)oc3cccc(-c5c([2H])c([2H])c([2H])c([2H])c5[2H])c34)c3ccccc23)c([2H])c1[2H].[2H]c1c([2H])c([2H])c(-c2c3ccccc3c(-c3ccc4c(c3)oc3cccc(C)c34)c3ccccc23)c([2H])c1[2H].[2H]c1c([2H])c([2H])c(B(O)O)c([2H])c1[2H]. The van der Waals surface area contributed by atoms with E-state index in [1.54, 1.807) is 18.2 Å². The standard InChI is InChI=1S/C38H24O.C33H22O.C6H7BO2/c1-3-12-25(13-4-1)28-20-11-21-34-38(28)33-23-22-27(24-35(33)39-34)37-31-18-9-7-16-29(31)36(26-14-5-2-6-15-26)30-17-8-10-19-32(30)37;1-21-10-9-17-29-31(21)28-19-18-23(20-30(28)34-29)33-26-15-7-5-13-24(26)32(22-11-3-2-4-12-22)25-14-6-8-16-27(25)33;8-7(9)6-4-2-1-3-5-6/h1-24H;2-20H,1H3;1-5,8-9H/i1D,2D,3D,4D,5D,6D,12D,13D,14D,15D;2D,3D,4D,11D,12D;1D,2D,3D,4D,5D. The highest BCUT2D eigenvalue weighted by Crippen LogP contribution is 2.47. The lowest BCUT2D eigenvalue weighted by Gasteiger charge is -2.17. The van der Waals surface area contributed by atoms with Crippen LogP contribution in [0.25, 0.3) is 143 Å². The third-order valence-corrected chi connectivity index (χ3v) is 14.7. The normalized spacial score (nSPS) is 14.8. The molecule has 0 spiro atoms. The number of benzene rings is 14. The summed E-state index contributed by atoms with van der Waals surface area (Å²) in [5, 5.41) is 27.8. The highest BCUT2D eigenvalue weighted by atomic mass is 16.4. The molecule has 2 aromatic heterocycles. The maximum absolute atomic E-state index is 8.81. The molecule has 0 radical (unpaired) electrons. The second-order valence-electron chi connectivity index (χ2n) is 19.3. The minimum atomic E-state index is -2.07. The van der Waals surface area contributed by atoms with Crippen molar-refractivity contribution in [1.29, 1.82) is 0 Å². The number of rotatable bonds is 6. The zero-order chi connectivity index (χ0) is 72.5. The average Bonchev–Trinajstić information content (AvgIpc) is 0.742. The van der Waals surface area contributed by atoms with Crippen LogP contribution in [0.4, 0.5) is 0 Å². The van der Waals surface area contributed by atoms with E-state index in [-0.39, 0.29) is 65.0 Å². The summed E-state index contributed by atoms with van der Waals surface area (Å²) < 4.78 is 175. The Morgan fingerprint density at radius 1 is 0.305 bits per heavy atom. The van der Waals surface area contributed by atoms with Gasteiger partial charge in [-0.25, -0.2) is 0 Å². The molecule has 0 aliphatic heterocycles. The van der Waals surface area contributed by atoms with Gasteiger partial charge in [0.1, 0.15) is 22.3 Å². The van der Waals surface area contributed by atoms with Crippen LogP contribution >= 0.6 is 0 Å². The molecule has 82 heavy (non-hydrogen) atoms. The van der Waals surface area contributed by atoms with Gasteiger partial charge in [0.2, 0.25) is 0 Å².